The molecule has 0 bridgehead atoms. The minimum Gasteiger partial charge on any atom is -0.379 e. The summed E-state index contributed by atoms with van der Waals surface area (Å²) in [5.41, 5.74) is 1.94. The highest BCUT2D eigenvalue weighted by atomic mass is 16.5. The predicted molar refractivity (Wildman–Crippen MR) is 67.0 cm³/mol. The number of para-hydroxylation sites is 1. The third kappa shape index (κ3) is 2.65. The number of likely N-dealkylation sites (N-methyl/N-ethyl adjacent to an activating group) is 1. The van der Waals surface area contributed by atoms with Gasteiger partial charge in [-0.3, -0.25) is 4.79 Å². The summed E-state index contributed by atoms with van der Waals surface area (Å²) in [6.45, 7) is 3.07. The number of rotatable bonds is 3. The van der Waals surface area contributed by atoms with Gasteiger partial charge in [0.1, 0.15) is 0 Å². The van der Waals surface area contributed by atoms with Gasteiger partial charge in [-0.15, -0.1) is 0 Å². The molecule has 1 amide bonds. The third-order valence-corrected chi connectivity index (χ3v) is 3.19. The number of amides is 1. The van der Waals surface area contributed by atoms with Gasteiger partial charge in [-0.2, -0.15) is 0 Å². The van der Waals surface area contributed by atoms with Crippen molar-refractivity contribution in [1.29, 1.82) is 0 Å². The van der Waals surface area contributed by atoms with E-state index in [1.165, 1.54) is 0 Å². The molecule has 0 aromatic heterocycles. The largest absolute Gasteiger partial charge is 0.379 e. The maximum absolute atomic E-state index is 12.1. The zero-order chi connectivity index (χ0) is 12.3. The lowest BCUT2D eigenvalue weighted by molar-refractivity contribution is -0.120. The van der Waals surface area contributed by atoms with Crippen molar-refractivity contribution >= 4 is 11.6 Å². The number of aryl methyl sites for hydroxylation is 1. The number of hydrogen-bond acceptors (Lipinski definition) is 3. The van der Waals surface area contributed by atoms with Crippen LogP contribution in [-0.2, 0) is 9.53 Å². The van der Waals surface area contributed by atoms with Gasteiger partial charge in [0.15, 0.2) is 0 Å². The molecular formula is C13H18N2O2. The first kappa shape index (κ1) is 12.1. The molecule has 92 valence electrons. The first-order valence-corrected chi connectivity index (χ1v) is 5.84. The average molecular weight is 234 g/mol. The topological polar surface area (TPSA) is 50.4 Å². The van der Waals surface area contributed by atoms with Crippen LogP contribution in [0.2, 0.25) is 0 Å². The van der Waals surface area contributed by atoms with Crippen molar-refractivity contribution in [2.24, 2.45) is 5.92 Å². The quantitative estimate of drug-likeness (QED) is 0.825. The Morgan fingerprint density at radius 1 is 1.35 bits per heavy atom. The summed E-state index contributed by atoms with van der Waals surface area (Å²) >= 11 is 0. The Kier molecular flexibility index (Phi) is 3.76. The van der Waals surface area contributed by atoms with E-state index in [1.54, 1.807) is 0 Å². The van der Waals surface area contributed by atoms with Gasteiger partial charge in [-0.05, 0) is 25.6 Å². The van der Waals surface area contributed by atoms with Crippen LogP contribution in [0.5, 0.6) is 0 Å². The molecule has 1 aliphatic heterocycles. The molecule has 0 radical (unpaired) electrons. The summed E-state index contributed by atoms with van der Waals surface area (Å²) < 4.78 is 5.33. The average Bonchev–Trinajstić information content (AvgIpc) is 2.80. The lowest BCUT2D eigenvalue weighted by Gasteiger charge is -2.17. The van der Waals surface area contributed by atoms with E-state index >= 15 is 0 Å². The monoisotopic (exact) mass is 234 g/mol. The highest BCUT2D eigenvalue weighted by molar-refractivity contribution is 5.94. The predicted octanol–water partition coefficient (Wildman–Crippen LogP) is 1.17. The fraction of sp³-hybridized carbons (Fsp3) is 0.462. The van der Waals surface area contributed by atoms with Crippen molar-refractivity contribution in [3.05, 3.63) is 29.8 Å². The zero-order valence-electron chi connectivity index (χ0n) is 10.2. The fourth-order valence-electron chi connectivity index (χ4n) is 2.04. The summed E-state index contributed by atoms with van der Waals surface area (Å²) in [4.78, 5) is 12.1. The number of carbonyl (C=O) groups is 1. The van der Waals surface area contributed by atoms with Gasteiger partial charge >= 0.3 is 0 Å². The van der Waals surface area contributed by atoms with E-state index in [0.29, 0.717) is 13.2 Å². The van der Waals surface area contributed by atoms with Gasteiger partial charge in [-0.1, -0.05) is 18.2 Å². The Morgan fingerprint density at radius 2 is 2.12 bits per heavy atom. The second-order valence-corrected chi connectivity index (χ2v) is 4.34. The standard InChI is InChI=1S/C13H18N2O2/c1-9-5-3-4-6-11(9)15-13(16)10-7-17-8-12(10)14-2/h3-6,10,12,14H,7-8H2,1-2H3,(H,15,16). The van der Waals surface area contributed by atoms with Crippen molar-refractivity contribution in [3.63, 3.8) is 0 Å². The van der Waals surface area contributed by atoms with Crippen molar-refractivity contribution < 1.29 is 9.53 Å². The molecule has 1 aliphatic rings. The molecule has 0 saturated carbocycles. The molecule has 17 heavy (non-hydrogen) atoms. The molecule has 1 aromatic rings. The molecule has 1 fully saturated rings. The molecule has 1 saturated heterocycles. The van der Waals surface area contributed by atoms with E-state index in [1.807, 2.05) is 38.2 Å². The molecule has 2 unspecified atom stereocenters. The van der Waals surface area contributed by atoms with Gasteiger partial charge < -0.3 is 15.4 Å². The van der Waals surface area contributed by atoms with Crippen LogP contribution < -0.4 is 10.6 Å². The molecule has 2 N–H and O–H groups in total. The van der Waals surface area contributed by atoms with E-state index < -0.39 is 0 Å². The number of anilines is 1. The van der Waals surface area contributed by atoms with Crippen LogP contribution in [0.25, 0.3) is 0 Å². The first-order valence-electron chi connectivity index (χ1n) is 5.84. The number of benzene rings is 1. The Bertz CT molecular complexity index is 406. The zero-order valence-corrected chi connectivity index (χ0v) is 10.2. The maximum Gasteiger partial charge on any atom is 0.231 e. The van der Waals surface area contributed by atoms with E-state index in [-0.39, 0.29) is 17.9 Å². The number of hydrogen-bond donors (Lipinski definition) is 2. The van der Waals surface area contributed by atoms with Crippen LogP contribution in [0.15, 0.2) is 24.3 Å². The van der Waals surface area contributed by atoms with E-state index in [9.17, 15) is 4.79 Å². The molecule has 1 heterocycles. The first-order chi connectivity index (χ1) is 8.22. The molecule has 1 aromatic carbocycles. The third-order valence-electron chi connectivity index (χ3n) is 3.19. The van der Waals surface area contributed by atoms with Gasteiger partial charge in [0, 0.05) is 11.7 Å². The van der Waals surface area contributed by atoms with E-state index in [2.05, 4.69) is 10.6 Å². The number of ether oxygens (including phenoxy) is 1. The molecule has 2 rings (SSSR count). The Labute approximate surface area is 101 Å². The van der Waals surface area contributed by atoms with Gasteiger partial charge in [0.05, 0.1) is 19.1 Å². The van der Waals surface area contributed by atoms with Crippen molar-refractivity contribution in [3.8, 4) is 0 Å². The SMILES string of the molecule is CNC1COCC1C(=O)Nc1ccccc1C. The Morgan fingerprint density at radius 3 is 2.82 bits per heavy atom. The van der Waals surface area contributed by atoms with Crippen LogP contribution in [0.1, 0.15) is 5.56 Å². The number of carbonyl (C=O) groups excluding carboxylic acids is 1. The normalized spacial score (nSPS) is 23.6. The van der Waals surface area contributed by atoms with E-state index in [4.69, 9.17) is 4.74 Å². The summed E-state index contributed by atoms with van der Waals surface area (Å²) in [5.74, 6) is -0.0873. The van der Waals surface area contributed by atoms with Crippen molar-refractivity contribution in [2.75, 3.05) is 25.6 Å². The molecule has 0 aliphatic carbocycles. The molecule has 0 spiro atoms. The summed E-state index contributed by atoms with van der Waals surface area (Å²) in [6.07, 6.45) is 0. The lowest BCUT2D eigenvalue weighted by atomic mass is 10.0. The molecule has 4 heteroatoms. The highest BCUT2D eigenvalue weighted by Crippen LogP contribution is 2.18. The van der Waals surface area contributed by atoms with Crippen LogP contribution in [-0.4, -0.2) is 32.2 Å². The summed E-state index contributed by atoms with van der Waals surface area (Å²) in [7, 11) is 1.85. The molecule has 2 atom stereocenters. The van der Waals surface area contributed by atoms with Crippen LogP contribution in [0.4, 0.5) is 5.69 Å². The Balaban J connectivity index is 2.04. The van der Waals surface area contributed by atoms with Gasteiger partial charge in [-0.25, -0.2) is 0 Å². The van der Waals surface area contributed by atoms with Crippen molar-refractivity contribution in [1.82, 2.24) is 5.32 Å². The maximum atomic E-state index is 12.1. The van der Waals surface area contributed by atoms with Crippen LogP contribution in [0.3, 0.4) is 0 Å². The minimum absolute atomic E-state index is 0.0242. The van der Waals surface area contributed by atoms with Crippen molar-refractivity contribution in [2.45, 2.75) is 13.0 Å². The minimum atomic E-state index is -0.111. The summed E-state index contributed by atoms with van der Waals surface area (Å²) in [5, 5.41) is 6.07. The van der Waals surface area contributed by atoms with Gasteiger partial charge in [0.25, 0.3) is 0 Å². The second-order valence-electron chi connectivity index (χ2n) is 4.34. The second kappa shape index (κ2) is 5.29. The number of nitrogens with one attached hydrogen (secondary N) is 2. The Hall–Kier alpha value is -1.39. The van der Waals surface area contributed by atoms with Crippen LogP contribution in [0, 0.1) is 12.8 Å². The summed E-state index contributed by atoms with van der Waals surface area (Å²) in [6, 6.07) is 7.89. The van der Waals surface area contributed by atoms with E-state index in [0.717, 1.165) is 11.3 Å². The molecular weight excluding hydrogens is 216 g/mol. The highest BCUT2D eigenvalue weighted by Gasteiger charge is 2.32. The lowest BCUT2D eigenvalue weighted by Crippen LogP contribution is -2.39. The molecule has 4 nitrogen and oxygen atoms in total. The fourth-order valence-corrected chi connectivity index (χ4v) is 2.04. The van der Waals surface area contributed by atoms with Crippen LogP contribution >= 0.6 is 0 Å². The van der Waals surface area contributed by atoms with Gasteiger partial charge in [0.2, 0.25) is 5.91 Å². The smallest absolute Gasteiger partial charge is 0.231 e.